The molecule has 2 aromatic rings. The molecule has 0 bridgehead atoms. The predicted molar refractivity (Wildman–Crippen MR) is 80.2 cm³/mol. The maximum atomic E-state index is 13.6. The molecule has 0 fully saturated rings. The minimum Gasteiger partial charge on any atom is -0.267 e. The molecule has 0 spiro atoms. The van der Waals surface area contributed by atoms with Crippen molar-refractivity contribution < 1.29 is 13.6 Å². The molecular weight excluding hydrogens is 342 g/mol. The Kier molecular flexibility index (Phi) is 4.80. The SMILES string of the molecule is C/C(=N/NC(=O)c1ccccc1Br)c1cc(F)ccc1F. The average Bonchev–Trinajstić information content (AvgIpc) is 2.47. The fraction of sp³-hybridized carbons (Fsp3) is 0.0667. The Hall–Kier alpha value is -2.08. The number of benzene rings is 2. The molecule has 2 rings (SSSR count). The van der Waals surface area contributed by atoms with Crippen LogP contribution in [0.3, 0.4) is 0 Å². The highest BCUT2D eigenvalue weighted by atomic mass is 79.9. The molecule has 0 radical (unpaired) electrons. The van der Waals surface area contributed by atoms with E-state index >= 15 is 0 Å². The molecule has 1 N–H and O–H groups in total. The molecule has 0 aliphatic carbocycles. The standard InChI is InChI=1S/C15H11BrF2N2O/c1-9(12-8-10(17)6-7-14(12)18)19-20-15(21)11-4-2-3-5-13(11)16/h2-8H,1H3,(H,20,21)/b19-9-. The first-order chi connectivity index (χ1) is 9.99. The Morgan fingerprint density at radius 1 is 1.14 bits per heavy atom. The highest BCUT2D eigenvalue weighted by Crippen LogP contribution is 2.15. The van der Waals surface area contributed by atoms with E-state index < -0.39 is 17.5 Å². The number of nitrogens with zero attached hydrogens (tertiary/aromatic N) is 1. The Morgan fingerprint density at radius 2 is 1.86 bits per heavy atom. The zero-order valence-electron chi connectivity index (χ0n) is 11.0. The second kappa shape index (κ2) is 6.58. The van der Waals surface area contributed by atoms with E-state index in [1.807, 2.05) is 0 Å². The molecule has 0 aliphatic heterocycles. The van der Waals surface area contributed by atoms with Gasteiger partial charge in [0.2, 0.25) is 0 Å². The summed E-state index contributed by atoms with van der Waals surface area (Å²) in [5.41, 5.74) is 2.89. The monoisotopic (exact) mass is 352 g/mol. The lowest BCUT2D eigenvalue weighted by Crippen LogP contribution is -2.20. The molecule has 0 saturated carbocycles. The van der Waals surface area contributed by atoms with Crippen LogP contribution in [0.1, 0.15) is 22.8 Å². The molecular formula is C15H11BrF2N2O. The number of carbonyl (C=O) groups is 1. The molecule has 2 aromatic carbocycles. The molecule has 0 atom stereocenters. The summed E-state index contributed by atoms with van der Waals surface area (Å²) in [6.07, 6.45) is 0. The average molecular weight is 353 g/mol. The molecule has 0 aromatic heterocycles. The first-order valence-electron chi connectivity index (χ1n) is 6.03. The third-order valence-electron chi connectivity index (χ3n) is 2.76. The summed E-state index contributed by atoms with van der Waals surface area (Å²) in [6.45, 7) is 1.48. The van der Waals surface area contributed by atoms with Gasteiger partial charge in [0.25, 0.3) is 5.91 Å². The lowest BCUT2D eigenvalue weighted by Gasteiger charge is -2.05. The number of halogens is 3. The molecule has 6 heteroatoms. The third-order valence-corrected chi connectivity index (χ3v) is 3.45. The molecule has 0 saturated heterocycles. The van der Waals surface area contributed by atoms with E-state index in [4.69, 9.17) is 0 Å². The maximum absolute atomic E-state index is 13.6. The van der Waals surface area contributed by atoms with Crippen LogP contribution in [0.4, 0.5) is 8.78 Å². The Labute approximate surface area is 128 Å². The fourth-order valence-corrected chi connectivity index (χ4v) is 2.14. The van der Waals surface area contributed by atoms with Gasteiger partial charge in [-0.15, -0.1) is 0 Å². The van der Waals surface area contributed by atoms with Crippen LogP contribution < -0.4 is 5.43 Å². The van der Waals surface area contributed by atoms with Gasteiger partial charge in [-0.25, -0.2) is 14.2 Å². The van der Waals surface area contributed by atoms with Crippen LogP contribution in [-0.4, -0.2) is 11.6 Å². The van der Waals surface area contributed by atoms with Crippen molar-refractivity contribution in [3.63, 3.8) is 0 Å². The zero-order valence-corrected chi connectivity index (χ0v) is 12.6. The van der Waals surface area contributed by atoms with Gasteiger partial charge in [-0.1, -0.05) is 12.1 Å². The van der Waals surface area contributed by atoms with Crippen LogP contribution in [0.2, 0.25) is 0 Å². The van der Waals surface area contributed by atoms with Gasteiger partial charge in [-0.3, -0.25) is 4.79 Å². The van der Waals surface area contributed by atoms with Gasteiger partial charge in [0.15, 0.2) is 0 Å². The Balaban J connectivity index is 2.19. The minimum atomic E-state index is -0.604. The van der Waals surface area contributed by atoms with Crippen molar-refractivity contribution in [1.29, 1.82) is 0 Å². The normalized spacial score (nSPS) is 11.3. The van der Waals surface area contributed by atoms with Crippen molar-refractivity contribution in [3.05, 3.63) is 69.7 Å². The van der Waals surface area contributed by atoms with E-state index in [0.29, 0.717) is 10.0 Å². The Morgan fingerprint density at radius 3 is 2.57 bits per heavy atom. The molecule has 0 heterocycles. The van der Waals surface area contributed by atoms with Crippen LogP contribution >= 0.6 is 15.9 Å². The zero-order chi connectivity index (χ0) is 15.4. The minimum absolute atomic E-state index is 0.00225. The lowest BCUT2D eigenvalue weighted by molar-refractivity contribution is 0.0954. The van der Waals surface area contributed by atoms with Crippen molar-refractivity contribution in [2.24, 2.45) is 5.10 Å². The summed E-state index contributed by atoms with van der Waals surface area (Å²) in [4.78, 5) is 11.9. The van der Waals surface area contributed by atoms with Gasteiger partial charge in [-0.2, -0.15) is 5.10 Å². The van der Waals surface area contributed by atoms with E-state index in [1.165, 1.54) is 6.92 Å². The van der Waals surface area contributed by atoms with Gasteiger partial charge in [-0.05, 0) is 53.2 Å². The molecule has 0 unspecified atom stereocenters. The summed E-state index contributed by atoms with van der Waals surface area (Å²) in [6, 6.07) is 9.88. The van der Waals surface area contributed by atoms with Crippen molar-refractivity contribution in [1.82, 2.24) is 5.43 Å². The Bertz CT molecular complexity index is 717. The predicted octanol–water partition coefficient (Wildman–Crippen LogP) is 3.88. The number of amides is 1. The summed E-state index contributed by atoms with van der Waals surface area (Å²) in [5.74, 6) is -1.62. The number of carbonyl (C=O) groups excluding carboxylic acids is 1. The highest BCUT2D eigenvalue weighted by molar-refractivity contribution is 9.10. The smallest absolute Gasteiger partial charge is 0.267 e. The summed E-state index contributed by atoms with van der Waals surface area (Å²) < 4.78 is 27.3. The van der Waals surface area contributed by atoms with E-state index in [2.05, 4.69) is 26.5 Å². The van der Waals surface area contributed by atoms with E-state index in [-0.39, 0.29) is 11.3 Å². The fourth-order valence-electron chi connectivity index (χ4n) is 1.68. The number of hydrazone groups is 1. The van der Waals surface area contributed by atoms with Crippen molar-refractivity contribution in [2.45, 2.75) is 6.92 Å². The lowest BCUT2D eigenvalue weighted by atomic mass is 10.1. The second-order valence-corrected chi connectivity index (χ2v) is 5.10. The van der Waals surface area contributed by atoms with E-state index in [1.54, 1.807) is 24.3 Å². The quantitative estimate of drug-likeness (QED) is 0.660. The summed E-state index contributed by atoms with van der Waals surface area (Å²) in [5, 5.41) is 3.80. The number of nitrogens with one attached hydrogen (secondary N) is 1. The topological polar surface area (TPSA) is 41.5 Å². The van der Waals surface area contributed by atoms with Crippen LogP contribution in [-0.2, 0) is 0 Å². The van der Waals surface area contributed by atoms with Crippen molar-refractivity contribution in [2.75, 3.05) is 0 Å². The molecule has 1 amide bonds. The van der Waals surface area contributed by atoms with Gasteiger partial charge < -0.3 is 0 Å². The number of rotatable bonds is 3. The molecule has 108 valence electrons. The van der Waals surface area contributed by atoms with Crippen LogP contribution in [0.25, 0.3) is 0 Å². The second-order valence-electron chi connectivity index (χ2n) is 4.24. The molecule has 3 nitrogen and oxygen atoms in total. The van der Waals surface area contributed by atoms with Gasteiger partial charge in [0.05, 0.1) is 11.3 Å². The van der Waals surface area contributed by atoms with Crippen LogP contribution in [0.15, 0.2) is 52.0 Å². The number of hydrogen-bond donors (Lipinski definition) is 1. The van der Waals surface area contributed by atoms with Gasteiger partial charge >= 0.3 is 0 Å². The van der Waals surface area contributed by atoms with Crippen LogP contribution in [0, 0.1) is 11.6 Å². The van der Waals surface area contributed by atoms with Gasteiger partial charge in [0.1, 0.15) is 11.6 Å². The van der Waals surface area contributed by atoms with Crippen molar-refractivity contribution >= 4 is 27.5 Å². The number of hydrogen-bond acceptors (Lipinski definition) is 2. The first-order valence-corrected chi connectivity index (χ1v) is 6.83. The maximum Gasteiger partial charge on any atom is 0.272 e. The van der Waals surface area contributed by atoms with Crippen molar-refractivity contribution in [3.8, 4) is 0 Å². The van der Waals surface area contributed by atoms with E-state index in [9.17, 15) is 13.6 Å². The third kappa shape index (κ3) is 3.72. The molecule has 21 heavy (non-hydrogen) atoms. The summed E-state index contributed by atoms with van der Waals surface area (Å²) >= 11 is 3.25. The van der Waals surface area contributed by atoms with E-state index in [0.717, 1.165) is 18.2 Å². The largest absolute Gasteiger partial charge is 0.272 e. The van der Waals surface area contributed by atoms with Crippen LogP contribution in [0.5, 0.6) is 0 Å². The highest BCUT2D eigenvalue weighted by Gasteiger charge is 2.10. The summed E-state index contributed by atoms with van der Waals surface area (Å²) in [7, 11) is 0. The van der Waals surface area contributed by atoms with Gasteiger partial charge in [0, 0.05) is 10.0 Å². The molecule has 0 aliphatic rings. The first kappa shape index (κ1) is 15.3.